The molecule has 0 aliphatic carbocycles. The fourth-order valence-electron chi connectivity index (χ4n) is 1.65. The van der Waals surface area contributed by atoms with Gasteiger partial charge in [0.15, 0.2) is 0 Å². The van der Waals surface area contributed by atoms with E-state index in [0.29, 0.717) is 16.6 Å². The van der Waals surface area contributed by atoms with Crippen molar-refractivity contribution in [2.24, 2.45) is 0 Å². The smallest absolute Gasteiger partial charge is 0.142 e. The highest BCUT2D eigenvalue weighted by molar-refractivity contribution is 9.10. The van der Waals surface area contributed by atoms with Gasteiger partial charge in [-0.1, -0.05) is 19.1 Å². The van der Waals surface area contributed by atoms with Crippen molar-refractivity contribution in [3.63, 3.8) is 0 Å². The quantitative estimate of drug-likeness (QED) is 0.844. The van der Waals surface area contributed by atoms with E-state index in [4.69, 9.17) is 0 Å². The summed E-state index contributed by atoms with van der Waals surface area (Å²) in [6.07, 6.45) is 4.47. The van der Waals surface area contributed by atoms with E-state index in [1.807, 2.05) is 23.8 Å². The number of imidazole rings is 1. The fourth-order valence-corrected chi connectivity index (χ4v) is 2.06. The summed E-state index contributed by atoms with van der Waals surface area (Å²) in [5.41, 5.74) is 0.669. The van der Waals surface area contributed by atoms with E-state index in [1.165, 1.54) is 0 Å². The molecular weight excluding hydrogens is 271 g/mol. The number of nitrogens with zero attached hydrogens (tertiary/aromatic N) is 2. The minimum atomic E-state index is -0.196. The maximum Gasteiger partial charge on any atom is 0.142 e. The second kappa shape index (κ2) is 4.78. The number of halogens is 2. The molecule has 1 aromatic heterocycles. The predicted octanol–water partition coefficient (Wildman–Crippen LogP) is 3.40. The van der Waals surface area contributed by atoms with E-state index in [9.17, 15) is 4.39 Å². The molecule has 0 spiro atoms. The number of hydrogen-bond acceptors (Lipinski definition) is 1. The van der Waals surface area contributed by atoms with Gasteiger partial charge in [-0.15, -0.1) is 0 Å². The molecule has 0 saturated carbocycles. The van der Waals surface area contributed by atoms with E-state index in [0.717, 1.165) is 12.2 Å². The largest absolute Gasteiger partial charge is 0.330 e. The highest BCUT2D eigenvalue weighted by atomic mass is 79.9. The Balaban J connectivity index is 2.30. The molecule has 16 heavy (non-hydrogen) atoms. The maximum atomic E-state index is 13.7. The van der Waals surface area contributed by atoms with Crippen molar-refractivity contribution < 1.29 is 4.39 Å². The lowest BCUT2D eigenvalue weighted by Crippen LogP contribution is -2.05. The first-order valence-electron chi connectivity index (χ1n) is 5.15. The molecule has 0 bridgehead atoms. The number of rotatable bonds is 3. The summed E-state index contributed by atoms with van der Waals surface area (Å²) in [7, 11) is 0. The summed E-state index contributed by atoms with van der Waals surface area (Å²) >= 11 is 3.19. The Morgan fingerprint density at radius 2 is 2.25 bits per heavy atom. The van der Waals surface area contributed by atoms with Gasteiger partial charge in [0.2, 0.25) is 0 Å². The van der Waals surface area contributed by atoms with Crippen molar-refractivity contribution in [2.75, 3.05) is 0 Å². The fraction of sp³-hybridized carbons (Fsp3) is 0.250. The Hall–Kier alpha value is -1.16. The predicted molar refractivity (Wildman–Crippen MR) is 64.8 cm³/mol. The Labute approximate surface area is 102 Å². The van der Waals surface area contributed by atoms with Gasteiger partial charge in [-0.2, -0.15) is 0 Å². The lowest BCUT2D eigenvalue weighted by Gasteiger charge is -2.08. The molecule has 0 fully saturated rings. The molecule has 2 aromatic rings. The molecule has 0 saturated heterocycles. The van der Waals surface area contributed by atoms with Gasteiger partial charge < -0.3 is 4.57 Å². The van der Waals surface area contributed by atoms with Crippen LogP contribution in [0, 0.1) is 5.82 Å². The van der Waals surface area contributed by atoms with E-state index >= 15 is 0 Å². The highest BCUT2D eigenvalue weighted by Crippen LogP contribution is 2.19. The SMILES string of the molecule is CCc1nccn1Cc1cccc(Br)c1F. The molecule has 0 atom stereocenters. The molecule has 2 nitrogen and oxygen atoms in total. The summed E-state index contributed by atoms with van der Waals surface area (Å²) < 4.78 is 16.2. The van der Waals surface area contributed by atoms with Crippen molar-refractivity contribution in [1.82, 2.24) is 9.55 Å². The summed E-state index contributed by atoms with van der Waals surface area (Å²) in [6.45, 7) is 2.56. The van der Waals surface area contributed by atoms with Gasteiger partial charge in [0.1, 0.15) is 11.6 Å². The monoisotopic (exact) mass is 282 g/mol. The lowest BCUT2D eigenvalue weighted by molar-refractivity contribution is 0.589. The third-order valence-electron chi connectivity index (χ3n) is 2.49. The molecule has 1 aromatic carbocycles. The van der Waals surface area contributed by atoms with Crippen LogP contribution in [0.3, 0.4) is 0 Å². The number of aromatic nitrogens is 2. The summed E-state index contributed by atoms with van der Waals surface area (Å²) in [4.78, 5) is 4.21. The minimum absolute atomic E-state index is 0.196. The molecule has 84 valence electrons. The molecule has 0 aliphatic heterocycles. The van der Waals surface area contributed by atoms with Gasteiger partial charge in [-0.3, -0.25) is 0 Å². The van der Waals surface area contributed by atoms with Crippen LogP contribution in [0.25, 0.3) is 0 Å². The molecular formula is C12H12BrFN2. The van der Waals surface area contributed by atoms with Crippen molar-refractivity contribution in [3.05, 3.63) is 52.3 Å². The van der Waals surface area contributed by atoms with Crippen LogP contribution in [0.1, 0.15) is 18.3 Å². The van der Waals surface area contributed by atoms with Gasteiger partial charge in [-0.25, -0.2) is 9.37 Å². The average molecular weight is 283 g/mol. The number of aryl methyl sites for hydroxylation is 1. The zero-order chi connectivity index (χ0) is 11.5. The zero-order valence-corrected chi connectivity index (χ0v) is 10.5. The second-order valence-corrected chi connectivity index (χ2v) is 4.39. The highest BCUT2D eigenvalue weighted by Gasteiger charge is 2.08. The van der Waals surface area contributed by atoms with E-state index in [-0.39, 0.29) is 5.82 Å². The maximum absolute atomic E-state index is 13.7. The molecule has 0 aliphatic rings. The third kappa shape index (κ3) is 2.16. The Morgan fingerprint density at radius 1 is 1.44 bits per heavy atom. The zero-order valence-electron chi connectivity index (χ0n) is 8.95. The Bertz CT molecular complexity index is 494. The van der Waals surface area contributed by atoms with Gasteiger partial charge >= 0.3 is 0 Å². The van der Waals surface area contributed by atoms with Crippen molar-refractivity contribution in [3.8, 4) is 0 Å². The minimum Gasteiger partial charge on any atom is -0.330 e. The van der Waals surface area contributed by atoms with Crippen LogP contribution in [0.15, 0.2) is 35.1 Å². The van der Waals surface area contributed by atoms with E-state index in [1.54, 1.807) is 18.3 Å². The molecule has 0 unspecified atom stereocenters. The van der Waals surface area contributed by atoms with Crippen LogP contribution in [0.4, 0.5) is 4.39 Å². The van der Waals surface area contributed by atoms with Crippen molar-refractivity contribution in [1.29, 1.82) is 0 Å². The molecule has 2 rings (SSSR count). The first kappa shape index (κ1) is 11.3. The first-order valence-corrected chi connectivity index (χ1v) is 5.94. The van der Waals surface area contributed by atoms with Crippen LogP contribution in [0.5, 0.6) is 0 Å². The first-order chi connectivity index (χ1) is 7.72. The van der Waals surface area contributed by atoms with Gasteiger partial charge in [0.25, 0.3) is 0 Å². The van der Waals surface area contributed by atoms with Crippen LogP contribution in [-0.2, 0) is 13.0 Å². The van der Waals surface area contributed by atoms with Crippen LogP contribution in [-0.4, -0.2) is 9.55 Å². The third-order valence-corrected chi connectivity index (χ3v) is 3.10. The van der Waals surface area contributed by atoms with Crippen molar-refractivity contribution >= 4 is 15.9 Å². The van der Waals surface area contributed by atoms with Crippen LogP contribution < -0.4 is 0 Å². The van der Waals surface area contributed by atoms with Gasteiger partial charge in [0, 0.05) is 24.4 Å². The summed E-state index contributed by atoms with van der Waals surface area (Å²) in [5, 5.41) is 0. The normalized spacial score (nSPS) is 10.7. The van der Waals surface area contributed by atoms with Crippen LogP contribution in [0.2, 0.25) is 0 Å². The lowest BCUT2D eigenvalue weighted by atomic mass is 10.2. The average Bonchev–Trinajstić information content (AvgIpc) is 2.72. The molecule has 0 amide bonds. The standard InChI is InChI=1S/C12H12BrFN2/c1-2-11-15-6-7-16(11)8-9-4-3-5-10(13)12(9)14/h3-7H,2,8H2,1H3. The summed E-state index contributed by atoms with van der Waals surface area (Å²) in [6, 6.07) is 5.33. The Kier molecular flexibility index (Phi) is 3.39. The number of benzene rings is 1. The molecule has 0 N–H and O–H groups in total. The number of hydrogen-bond donors (Lipinski definition) is 0. The molecule has 1 heterocycles. The van der Waals surface area contributed by atoms with E-state index in [2.05, 4.69) is 20.9 Å². The van der Waals surface area contributed by atoms with Gasteiger partial charge in [-0.05, 0) is 22.0 Å². The van der Waals surface area contributed by atoms with Crippen molar-refractivity contribution in [2.45, 2.75) is 19.9 Å². The van der Waals surface area contributed by atoms with Gasteiger partial charge in [0.05, 0.1) is 11.0 Å². The summed E-state index contributed by atoms with van der Waals surface area (Å²) in [5.74, 6) is 0.776. The second-order valence-electron chi connectivity index (χ2n) is 3.54. The molecule has 0 radical (unpaired) electrons. The molecule has 4 heteroatoms. The van der Waals surface area contributed by atoms with Crippen LogP contribution >= 0.6 is 15.9 Å². The van der Waals surface area contributed by atoms with E-state index < -0.39 is 0 Å². The Morgan fingerprint density at radius 3 is 3.00 bits per heavy atom. The topological polar surface area (TPSA) is 17.8 Å².